The van der Waals surface area contributed by atoms with Gasteiger partial charge >= 0.3 is 0 Å². The molecule has 2 fully saturated rings. The molecule has 2 aromatic rings. The second-order valence-corrected chi connectivity index (χ2v) is 6.10. The highest BCUT2D eigenvalue weighted by atomic mass is 15.2. The largest absolute Gasteiger partial charge is 0.354 e. The first-order valence-electron chi connectivity index (χ1n) is 7.02. The molecule has 2 N–H and O–H groups in total. The number of hydrogen-bond acceptors (Lipinski definition) is 4. The Hall–Kier alpha value is -1.62. The van der Waals surface area contributed by atoms with Gasteiger partial charge in [0.1, 0.15) is 17.8 Å². The fourth-order valence-electron chi connectivity index (χ4n) is 3.09. The summed E-state index contributed by atoms with van der Waals surface area (Å²) in [6.45, 7) is 5.52. The van der Waals surface area contributed by atoms with E-state index in [4.69, 9.17) is 0 Å². The third-order valence-electron chi connectivity index (χ3n) is 4.44. The zero-order valence-electron chi connectivity index (χ0n) is 11.2. The highest BCUT2D eigenvalue weighted by molar-refractivity contribution is 5.87. The Balaban J connectivity index is 1.75. The van der Waals surface area contributed by atoms with Crippen molar-refractivity contribution in [2.24, 2.45) is 5.41 Å². The summed E-state index contributed by atoms with van der Waals surface area (Å²) in [5.74, 6) is 1.08. The summed E-state index contributed by atoms with van der Waals surface area (Å²) in [4.78, 5) is 14.4. The summed E-state index contributed by atoms with van der Waals surface area (Å²) in [5, 5.41) is 4.78. The first kappa shape index (κ1) is 11.2. The van der Waals surface area contributed by atoms with Crippen molar-refractivity contribution < 1.29 is 0 Å². The molecule has 19 heavy (non-hydrogen) atoms. The Morgan fingerprint density at radius 3 is 3.11 bits per heavy atom. The van der Waals surface area contributed by atoms with Gasteiger partial charge in [0.15, 0.2) is 0 Å². The van der Waals surface area contributed by atoms with Crippen molar-refractivity contribution in [2.75, 3.05) is 24.5 Å². The molecule has 2 aliphatic rings. The molecule has 0 bridgehead atoms. The van der Waals surface area contributed by atoms with Crippen molar-refractivity contribution in [3.8, 4) is 0 Å². The number of rotatable bonds is 1. The summed E-state index contributed by atoms with van der Waals surface area (Å²) in [6, 6.07) is 2.58. The van der Waals surface area contributed by atoms with Crippen LogP contribution in [-0.4, -0.2) is 40.6 Å². The first-order chi connectivity index (χ1) is 9.26. The fraction of sp³-hybridized carbons (Fsp3) is 0.571. The zero-order chi connectivity index (χ0) is 12.9. The molecule has 5 nitrogen and oxygen atoms in total. The molecule has 5 heteroatoms. The first-order valence-corrected chi connectivity index (χ1v) is 7.02. The Kier molecular flexibility index (Phi) is 2.33. The van der Waals surface area contributed by atoms with Gasteiger partial charge < -0.3 is 15.2 Å². The molecule has 100 valence electrons. The van der Waals surface area contributed by atoms with Gasteiger partial charge in [-0.1, -0.05) is 0 Å². The predicted molar refractivity (Wildman–Crippen MR) is 75.2 cm³/mol. The highest BCUT2D eigenvalue weighted by Gasteiger charge is 2.45. The molecule has 1 aliphatic heterocycles. The van der Waals surface area contributed by atoms with Gasteiger partial charge in [0, 0.05) is 37.3 Å². The number of nitrogens with zero attached hydrogens (tertiary/aromatic N) is 3. The Morgan fingerprint density at radius 1 is 1.37 bits per heavy atom. The normalized spacial score (nSPS) is 25.7. The maximum absolute atomic E-state index is 4.54. The lowest BCUT2D eigenvalue weighted by Crippen LogP contribution is -2.35. The number of nitrogens with one attached hydrogen (secondary N) is 2. The summed E-state index contributed by atoms with van der Waals surface area (Å²) >= 11 is 0. The fourth-order valence-corrected chi connectivity index (χ4v) is 3.09. The Bertz CT molecular complexity index is 601. The molecule has 1 aliphatic carbocycles. The lowest BCUT2D eigenvalue weighted by Gasteiger charge is -2.26. The highest BCUT2D eigenvalue weighted by Crippen LogP contribution is 2.47. The van der Waals surface area contributed by atoms with E-state index in [1.54, 1.807) is 6.33 Å². The van der Waals surface area contributed by atoms with Gasteiger partial charge in [0.25, 0.3) is 0 Å². The number of fused-ring (bicyclic) bond motifs is 1. The van der Waals surface area contributed by atoms with Crippen molar-refractivity contribution in [2.45, 2.75) is 25.8 Å². The van der Waals surface area contributed by atoms with Gasteiger partial charge in [-0.25, -0.2) is 9.97 Å². The van der Waals surface area contributed by atoms with E-state index in [2.05, 4.69) is 38.2 Å². The third-order valence-corrected chi connectivity index (χ3v) is 4.44. The zero-order valence-corrected chi connectivity index (χ0v) is 11.2. The summed E-state index contributed by atoms with van der Waals surface area (Å²) in [7, 11) is 0. The molecule has 4 rings (SSSR count). The molecule has 2 aromatic heterocycles. The molecular formula is C14H19N5. The molecule has 1 saturated heterocycles. The minimum atomic E-state index is 0.484. The van der Waals surface area contributed by atoms with Crippen LogP contribution >= 0.6 is 0 Å². The number of hydrogen-bond donors (Lipinski definition) is 2. The van der Waals surface area contributed by atoms with Crippen LogP contribution in [0.1, 0.15) is 19.8 Å². The average Bonchev–Trinajstić information content (AvgIpc) is 3.05. The SMILES string of the molecule is CC1CN(c2ncnc3[nH]ccc23)CC2(CC2)CN1. The lowest BCUT2D eigenvalue weighted by atomic mass is 10.1. The van der Waals surface area contributed by atoms with Crippen molar-refractivity contribution in [1.29, 1.82) is 0 Å². The topological polar surface area (TPSA) is 56.8 Å². The second-order valence-electron chi connectivity index (χ2n) is 6.10. The standard InChI is InChI=1S/C14H19N5/c1-10-6-19(8-14(3-4-14)7-16-10)13-11-2-5-15-12(11)17-9-18-13/h2,5,9-10,16H,3-4,6-8H2,1H3,(H,15,17,18). The van der Waals surface area contributed by atoms with E-state index in [1.165, 1.54) is 12.8 Å². The number of anilines is 1. The van der Waals surface area contributed by atoms with Crippen LogP contribution in [0.25, 0.3) is 11.0 Å². The maximum atomic E-state index is 4.54. The monoisotopic (exact) mass is 257 g/mol. The molecule has 1 spiro atoms. The third kappa shape index (κ3) is 1.89. The summed E-state index contributed by atoms with van der Waals surface area (Å²) in [5.41, 5.74) is 1.41. The Labute approximate surface area is 112 Å². The van der Waals surface area contributed by atoms with Gasteiger partial charge in [0.2, 0.25) is 0 Å². The minimum Gasteiger partial charge on any atom is -0.354 e. The van der Waals surface area contributed by atoms with Gasteiger partial charge in [-0.05, 0) is 25.8 Å². The van der Waals surface area contributed by atoms with Crippen molar-refractivity contribution in [3.63, 3.8) is 0 Å². The Morgan fingerprint density at radius 2 is 2.26 bits per heavy atom. The van der Waals surface area contributed by atoms with Gasteiger partial charge in [-0.15, -0.1) is 0 Å². The predicted octanol–water partition coefficient (Wildman–Crippen LogP) is 1.54. The van der Waals surface area contributed by atoms with Crippen molar-refractivity contribution in [3.05, 3.63) is 18.6 Å². The molecular weight excluding hydrogens is 238 g/mol. The van der Waals surface area contributed by atoms with E-state index in [-0.39, 0.29) is 0 Å². The van der Waals surface area contributed by atoms with Crippen LogP contribution in [0.15, 0.2) is 18.6 Å². The number of aromatic nitrogens is 3. The van der Waals surface area contributed by atoms with Crippen LogP contribution in [0.5, 0.6) is 0 Å². The smallest absolute Gasteiger partial charge is 0.142 e. The molecule has 0 radical (unpaired) electrons. The lowest BCUT2D eigenvalue weighted by molar-refractivity contribution is 0.478. The number of H-pyrrole nitrogens is 1. The van der Waals surface area contributed by atoms with Crippen LogP contribution in [0.4, 0.5) is 5.82 Å². The minimum absolute atomic E-state index is 0.484. The van der Waals surface area contributed by atoms with Crippen LogP contribution in [0.3, 0.4) is 0 Å². The molecule has 1 unspecified atom stereocenters. The van der Waals surface area contributed by atoms with E-state index in [0.717, 1.165) is 36.5 Å². The number of aromatic amines is 1. The summed E-state index contributed by atoms with van der Waals surface area (Å²) in [6.07, 6.45) is 6.28. The molecule has 1 saturated carbocycles. The van der Waals surface area contributed by atoms with Crippen molar-refractivity contribution >= 4 is 16.9 Å². The average molecular weight is 257 g/mol. The van der Waals surface area contributed by atoms with E-state index in [1.807, 2.05) is 6.20 Å². The quantitative estimate of drug-likeness (QED) is 0.813. The van der Waals surface area contributed by atoms with Gasteiger partial charge in [-0.2, -0.15) is 0 Å². The van der Waals surface area contributed by atoms with E-state index in [0.29, 0.717) is 11.5 Å². The van der Waals surface area contributed by atoms with Crippen LogP contribution in [0.2, 0.25) is 0 Å². The molecule has 3 heterocycles. The van der Waals surface area contributed by atoms with E-state index >= 15 is 0 Å². The van der Waals surface area contributed by atoms with E-state index in [9.17, 15) is 0 Å². The molecule has 1 atom stereocenters. The van der Waals surface area contributed by atoms with Gasteiger partial charge in [0.05, 0.1) is 5.39 Å². The van der Waals surface area contributed by atoms with Crippen molar-refractivity contribution in [1.82, 2.24) is 20.3 Å². The van der Waals surface area contributed by atoms with E-state index < -0.39 is 0 Å². The molecule has 0 amide bonds. The summed E-state index contributed by atoms with van der Waals surface area (Å²) < 4.78 is 0. The van der Waals surface area contributed by atoms with Crippen LogP contribution in [-0.2, 0) is 0 Å². The molecule has 0 aromatic carbocycles. The second kappa shape index (κ2) is 3.93. The van der Waals surface area contributed by atoms with Gasteiger partial charge in [-0.3, -0.25) is 0 Å². The maximum Gasteiger partial charge on any atom is 0.142 e. The van der Waals surface area contributed by atoms with Crippen LogP contribution in [0, 0.1) is 5.41 Å². The van der Waals surface area contributed by atoms with Crippen LogP contribution < -0.4 is 10.2 Å².